The van der Waals surface area contributed by atoms with Crippen LogP contribution in [-0.2, 0) is 17.8 Å². The number of aliphatic carboxylic acids is 1. The monoisotopic (exact) mass is 321 g/mol. The number of ether oxygens (including phenoxy) is 2. The van der Waals surface area contributed by atoms with Crippen LogP contribution in [0.3, 0.4) is 0 Å². The molecule has 1 aliphatic heterocycles. The lowest BCUT2D eigenvalue weighted by atomic mass is 10.1. The Bertz CT molecular complexity index is 777. The quantitative estimate of drug-likeness (QED) is 0.932. The van der Waals surface area contributed by atoms with Crippen molar-refractivity contribution in [3.8, 4) is 22.8 Å². The molecule has 0 spiro atoms. The van der Waals surface area contributed by atoms with Crippen molar-refractivity contribution in [2.45, 2.75) is 19.9 Å². The fourth-order valence-electron chi connectivity index (χ4n) is 2.48. The maximum atomic E-state index is 12.1. The molecule has 0 saturated carbocycles. The predicted octanol–water partition coefficient (Wildman–Crippen LogP) is 1.99. The Kier molecular flexibility index (Phi) is 3.89. The number of hydrogen-bond acceptors (Lipinski definition) is 5. The fraction of sp³-hybridized carbons (Fsp3) is 0.333. The molecule has 0 amide bonds. The molecule has 2 heterocycles. The van der Waals surface area contributed by atoms with E-state index in [-0.39, 0.29) is 11.4 Å². The van der Waals surface area contributed by atoms with Gasteiger partial charge in [-0.3, -0.25) is 14.2 Å². The summed E-state index contributed by atoms with van der Waals surface area (Å²) in [4.78, 5) is 23.7. The van der Waals surface area contributed by atoms with Gasteiger partial charge in [0.25, 0.3) is 0 Å². The van der Waals surface area contributed by atoms with E-state index in [1.54, 1.807) is 12.1 Å². The van der Waals surface area contributed by atoms with Crippen molar-refractivity contribution >= 4 is 17.3 Å². The van der Waals surface area contributed by atoms with Crippen molar-refractivity contribution in [3.63, 3.8) is 0 Å². The lowest BCUT2D eigenvalue weighted by Crippen LogP contribution is -2.20. The molecule has 1 aromatic heterocycles. The third-order valence-corrected chi connectivity index (χ3v) is 4.52. The second-order valence-corrected chi connectivity index (χ2v) is 5.88. The minimum Gasteiger partial charge on any atom is -0.486 e. The molecular formula is C15H15NO5S. The van der Waals surface area contributed by atoms with Gasteiger partial charge in [-0.2, -0.15) is 0 Å². The number of carboxylic acid groups (broad SMARTS) is 1. The highest BCUT2D eigenvalue weighted by atomic mass is 32.1. The molecule has 1 aliphatic rings. The molecule has 0 aliphatic carbocycles. The van der Waals surface area contributed by atoms with E-state index in [2.05, 4.69) is 0 Å². The van der Waals surface area contributed by atoms with Crippen LogP contribution in [0.2, 0.25) is 0 Å². The molecule has 6 nitrogen and oxygen atoms in total. The number of hydrogen-bond donors (Lipinski definition) is 1. The minimum absolute atomic E-state index is 0.260. The fourth-order valence-corrected chi connectivity index (χ4v) is 3.42. The van der Waals surface area contributed by atoms with Crippen molar-refractivity contribution in [1.29, 1.82) is 0 Å². The normalized spacial score (nSPS) is 13.1. The Hall–Kier alpha value is -2.28. The van der Waals surface area contributed by atoms with Gasteiger partial charge in [0.05, 0.1) is 5.69 Å². The highest BCUT2D eigenvalue weighted by Gasteiger charge is 2.20. The molecule has 0 atom stereocenters. The zero-order chi connectivity index (χ0) is 15.7. The Morgan fingerprint density at radius 3 is 2.73 bits per heavy atom. The van der Waals surface area contributed by atoms with E-state index in [0.717, 1.165) is 21.8 Å². The first-order valence-electron chi connectivity index (χ1n) is 6.94. The molecule has 0 saturated heterocycles. The molecule has 3 rings (SSSR count). The van der Waals surface area contributed by atoms with Crippen LogP contribution in [0.5, 0.6) is 11.5 Å². The van der Waals surface area contributed by atoms with Crippen molar-refractivity contribution in [1.82, 2.24) is 4.57 Å². The van der Waals surface area contributed by atoms with Gasteiger partial charge in [-0.1, -0.05) is 18.3 Å². The van der Waals surface area contributed by atoms with E-state index < -0.39 is 5.97 Å². The summed E-state index contributed by atoms with van der Waals surface area (Å²) in [6.45, 7) is 2.58. The third kappa shape index (κ3) is 2.59. The Labute approximate surface area is 130 Å². The first-order valence-corrected chi connectivity index (χ1v) is 7.76. The summed E-state index contributed by atoms with van der Waals surface area (Å²) >= 11 is 1.09. The standard InChI is InChI=1S/C15H15NO5S/c1-2-12-14(16(8-13(17)18)15(19)22-12)9-3-4-10-11(7-9)21-6-5-20-10/h3-4,7H,2,5-6,8H2,1H3,(H,17,18). The second-order valence-electron chi connectivity index (χ2n) is 4.83. The van der Waals surface area contributed by atoms with E-state index in [0.29, 0.717) is 36.8 Å². The number of benzene rings is 1. The predicted molar refractivity (Wildman–Crippen MR) is 82.0 cm³/mol. The van der Waals surface area contributed by atoms with Gasteiger partial charge < -0.3 is 14.6 Å². The van der Waals surface area contributed by atoms with Gasteiger partial charge in [-0.25, -0.2) is 0 Å². The number of carbonyl (C=O) groups is 1. The van der Waals surface area contributed by atoms with Crippen LogP contribution < -0.4 is 14.3 Å². The van der Waals surface area contributed by atoms with Crippen LogP contribution in [0.4, 0.5) is 0 Å². The number of aromatic nitrogens is 1. The first-order chi connectivity index (χ1) is 10.6. The van der Waals surface area contributed by atoms with Crippen molar-refractivity contribution in [3.05, 3.63) is 32.7 Å². The molecule has 22 heavy (non-hydrogen) atoms. The summed E-state index contributed by atoms with van der Waals surface area (Å²) in [7, 11) is 0. The maximum Gasteiger partial charge on any atom is 0.323 e. The largest absolute Gasteiger partial charge is 0.486 e. The zero-order valence-corrected chi connectivity index (χ0v) is 12.8. The van der Waals surface area contributed by atoms with Gasteiger partial charge >= 0.3 is 10.8 Å². The van der Waals surface area contributed by atoms with E-state index >= 15 is 0 Å². The van der Waals surface area contributed by atoms with E-state index in [4.69, 9.17) is 14.6 Å². The summed E-state index contributed by atoms with van der Waals surface area (Å²) in [5.41, 5.74) is 1.41. The molecule has 0 bridgehead atoms. The van der Waals surface area contributed by atoms with Crippen molar-refractivity contribution in [2.24, 2.45) is 0 Å². The van der Waals surface area contributed by atoms with Crippen LogP contribution in [0.1, 0.15) is 11.8 Å². The first kappa shape index (κ1) is 14.6. The summed E-state index contributed by atoms with van der Waals surface area (Å²) < 4.78 is 12.4. The van der Waals surface area contributed by atoms with Gasteiger partial charge in [-0.05, 0) is 24.6 Å². The summed E-state index contributed by atoms with van der Waals surface area (Å²) in [5, 5.41) is 9.04. The molecular weight excluding hydrogens is 306 g/mol. The lowest BCUT2D eigenvalue weighted by Gasteiger charge is -2.19. The average molecular weight is 321 g/mol. The summed E-state index contributed by atoms with van der Waals surface area (Å²) in [6.07, 6.45) is 0.663. The number of thiazole rings is 1. The molecule has 0 fully saturated rings. The highest BCUT2D eigenvalue weighted by Crippen LogP contribution is 2.36. The Balaban J connectivity index is 2.14. The van der Waals surface area contributed by atoms with Crippen molar-refractivity contribution < 1.29 is 19.4 Å². The Morgan fingerprint density at radius 1 is 1.32 bits per heavy atom. The number of nitrogens with zero attached hydrogens (tertiary/aromatic N) is 1. The van der Waals surface area contributed by atoms with E-state index in [9.17, 15) is 9.59 Å². The second kappa shape index (κ2) is 5.84. The molecule has 116 valence electrons. The Morgan fingerprint density at radius 2 is 2.05 bits per heavy atom. The molecule has 0 radical (unpaired) electrons. The van der Waals surface area contributed by atoms with Gasteiger partial charge in [0.2, 0.25) is 0 Å². The molecule has 0 unspecified atom stereocenters. The van der Waals surface area contributed by atoms with Crippen LogP contribution in [-0.4, -0.2) is 28.9 Å². The van der Waals surface area contributed by atoms with Gasteiger partial charge in [0.15, 0.2) is 11.5 Å². The molecule has 1 N–H and O–H groups in total. The third-order valence-electron chi connectivity index (χ3n) is 3.40. The topological polar surface area (TPSA) is 77.8 Å². The number of rotatable bonds is 4. The number of aryl methyl sites for hydroxylation is 1. The summed E-state index contributed by atoms with van der Waals surface area (Å²) in [5.74, 6) is 0.239. The van der Waals surface area contributed by atoms with Crippen molar-refractivity contribution in [2.75, 3.05) is 13.2 Å². The average Bonchev–Trinajstić information content (AvgIpc) is 2.82. The van der Waals surface area contributed by atoms with E-state index in [1.807, 2.05) is 13.0 Å². The smallest absolute Gasteiger partial charge is 0.323 e. The molecule has 2 aromatic rings. The lowest BCUT2D eigenvalue weighted by molar-refractivity contribution is -0.137. The van der Waals surface area contributed by atoms with Crippen LogP contribution >= 0.6 is 11.3 Å². The van der Waals surface area contributed by atoms with Gasteiger partial charge in [-0.15, -0.1) is 0 Å². The van der Waals surface area contributed by atoms with Gasteiger partial charge in [0.1, 0.15) is 19.8 Å². The van der Waals surface area contributed by atoms with Crippen LogP contribution in [0, 0.1) is 0 Å². The SMILES string of the molecule is CCc1sc(=O)n(CC(=O)O)c1-c1ccc2c(c1)OCCO2. The maximum absolute atomic E-state index is 12.1. The van der Waals surface area contributed by atoms with Crippen LogP contribution in [0.15, 0.2) is 23.0 Å². The molecule has 7 heteroatoms. The van der Waals surface area contributed by atoms with E-state index in [1.165, 1.54) is 4.57 Å². The highest BCUT2D eigenvalue weighted by molar-refractivity contribution is 7.09. The minimum atomic E-state index is -1.04. The number of fused-ring (bicyclic) bond motifs is 1. The molecule has 1 aromatic carbocycles. The van der Waals surface area contributed by atoms with Crippen LogP contribution in [0.25, 0.3) is 11.3 Å². The number of carboxylic acids is 1. The zero-order valence-electron chi connectivity index (χ0n) is 12.0. The summed E-state index contributed by atoms with van der Waals surface area (Å²) in [6, 6.07) is 5.41. The van der Waals surface area contributed by atoms with Gasteiger partial charge in [0, 0.05) is 10.4 Å².